The van der Waals surface area contributed by atoms with Crippen LogP contribution in [0.3, 0.4) is 0 Å². The molecule has 0 unspecified atom stereocenters. The number of carbonyl (C=O) groups is 1. The molecule has 0 aliphatic carbocycles. The Morgan fingerprint density at radius 3 is 2.70 bits per heavy atom. The minimum Gasteiger partial charge on any atom is -0.456 e. The third kappa shape index (κ3) is 3.47. The molecule has 0 amide bonds. The van der Waals surface area contributed by atoms with Crippen molar-refractivity contribution in [1.29, 1.82) is 0 Å². The van der Waals surface area contributed by atoms with Gasteiger partial charge >= 0.3 is 5.97 Å². The first-order chi connectivity index (χ1) is 11.3. The van der Waals surface area contributed by atoms with Crippen molar-refractivity contribution in [2.24, 2.45) is 0 Å². The Kier molecular flexibility index (Phi) is 4.81. The number of aromatic nitrogens is 1. The SMILES string of the molecule is C=CCc1c(N2CCCC2)c[nH]c1C(=O)OCc1ccccc1. The van der Waals surface area contributed by atoms with Crippen molar-refractivity contribution in [1.82, 2.24) is 4.98 Å². The lowest BCUT2D eigenvalue weighted by molar-refractivity contribution is 0.0465. The molecule has 4 nitrogen and oxygen atoms in total. The molecule has 1 N–H and O–H groups in total. The molecular weight excluding hydrogens is 288 g/mol. The summed E-state index contributed by atoms with van der Waals surface area (Å²) in [6.07, 6.45) is 6.81. The summed E-state index contributed by atoms with van der Waals surface area (Å²) < 4.78 is 5.45. The van der Waals surface area contributed by atoms with Crippen LogP contribution in [0.15, 0.2) is 49.2 Å². The van der Waals surface area contributed by atoms with Gasteiger partial charge in [0.05, 0.1) is 5.69 Å². The normalized spacial score (nSPS) is 14.0. The van der Waals surface area contributed by atoms with Gasteiger partial charge in [0.2, 0.25) is 0 Å². The van der Waals surface area contributed by atoms with Gasteiger partial charge in [-0.2, -0.15) is 0 Å². The molecule has 2 heterocycles. The standard InChI is InChI=1S/C19H22N2O2/c1-2-8-16-17(21-11-6-7-12-21)13-20-18(16)19(22)23-14-15-9-4-3-5-10-15/h2-5,9-10,13,20H,1,6-8,11-12,14H2. The first-order valence-corrected chi connectivity index (χ1v) is 8.06. The number of benzene rings is 1. The van der Waals surface area contributed by atoms with E-state index >= 15 is 0 Å². The maximum absolute atomic E-state index is 12.4. The fourth-order valence-corrected chi connectivity index (χ4v) is 3.01. The van der Waals surface area contributed by atoms with Crippen LogP contribution in [0.2, 0.25) is 0 Å². The predicted molar refractivity (Wildman–Crippen MR) is 91.7 cm³/mol. The van der Waals surface area contributed by atoms with Crippen molar-refractivity contribution in [3.63, 3.8) is 0 Å². The molecule has 0 saturated carbocycles. The molecule has 1 fully saturated rings. The van der Waals surface area contributed by atoms with Gasteiger partial charge in [-0.05, 0) is 24.8 Å². The molecule has 1 aromatic carbocycles. The Morgan fingerprint density at radius 1 is 1.26 bits per heavy atom. The summed E-state index contributed by atoms with van der Waals surface area (Å²) in [5.41, 5.74) is 3.62. The topological polar surface area (TPSA) is 45.3 Å². The van der Waals surface area contributed by atoms with Gasteiger partial charge in [-0.25, -0.2) is 4.79 Å². The highest BCUT2D eigenvalue weighted by atomic mass is 16.5. The second-order valence-electron chi connectivity index (χ2n) is 5.78. The molecule has 1 aromatic heterocycles. The van der Waals surface area contributed by atoms with E-state index in [2.05, 4.69) is 16.5 Å². The molecule has 2 aromatic rings. The minimum atomic E-state index is -0.309. The molecular formula is C19H22N2O2. The second kappa shape index (κ2) is 7.18. The van der Waals surface area contributed by atoms with Crippen LogP contribution >= 0.6 is 0 Å². The molecule has 1 saturated heterocycles. The summed E-state index contributed by atoms with van der Waals surface area (Å²) in [5, 5.41) is 0. The maximum Gasteiger partial charge on any atom is 0.355 e. The Bertz CT molecular complexity index is 670. The average Bonchev–Trinajstić information content (AvgIpc) is 3.23. The number of aromatic amines is 1. The second-order valence-corrected chi connectivity index (χ2v) is 5.78. The number of nitrogens with zero attached hydrogens (tertiary/aromatic N) is 1. The van der Waals surface area contributed by atoms with Gasteiger partial charge in [-0.3, -0.25) is 0 Å². The smallest absolute Gasteiger partial charge is 0.355 e. The van der Waals surface area contributed by atoms with Crippen LogP contribution in [0.4, 0.5) is 5.69 Å². The van der Waals surface area contributed by atoms with Crippen LogP contribution in [0.1, 0.15) is 34.5 Å². The number of allylic oxidation sites excluding steroid dienone is 1. The lowest BCUT2D eigenvalue weighted by Crippen LogP contribution is -2.18. The van der Waals surface area contributed by atoms with Gasteiger partial charge in [0.25, 0.3) is 0 Å². The zero-order chi connectivity index (χ0) is 16.1. The molecule has 23 heavy (non-hydrogen) atoms. The number of hydrogen-bond acceptors (Lipinski definition) is 3. The van der Waals surface area contributed by atoms with Crippen LogP contribution in [-0.4, -0.2) is 24.0 Å². The van der Waals surface area contributed by atoms with Gasteiger partial charge < -0.3 is 14.6 Å². The van der Waals surface area contributed by atoms with E-state index < -0.39 is 0 Å². The van der Waals surface area contributed by atoms with Crippen LogP contribution < -0.4 is 4.90 Å². The highest BCUT2D eigenvalue weighted by molar-refractivity contribution is 5.91. The van der Waals surface area contributed by atoms with Crippen molar-refractivity contribution in [3.8, 4) is 0 Å². The fourth-order valence-electron chi connectivity index (χ4n) is 3.01. The van der Waals surface area contributed by atoms with Crippen molar-refractivity contribution in [2.75, 3.05) is 18.0 Å². The fraction of sp³-hybridized carbons (Fsp3) is 0.316. The van der Waals surface area contributed by atoms with E-state index in [0.29, 0.717) is 12.1 Å². The lowest BCUT2D eigenvalue weighted by Gasteiger charge is -2.18. The Labute approximate surface area is 136 Å². The first-order valence-electron chi connectivity index (χ1n) is 8.06. The summed E-state index contributed by atoms with van der Waals surface area (Å²) in [7, 11) is 0. The molecule has 0 spiro atoms. The van der Waals surface area contributed by atoms with Crippen LogP contribution in [0, 0.1) is 0 Å². The van der Waals surface area contributed by atoms with E-state index in [-0.39, 0.29) is 12.6 Å². The molecule has 0 bridgehead atoms. The highest BCUT2D eigenvalue weighted by Crippen LogP contribution is 2.28. The van der Waals surface area contributed by atoms with Gasteiger partial charge in [0.15, 0.2) is 0 Å². The summed E-state index contributed by atoms with van der Waals surface area (Å²) in [5.74, 6) is -0.309. The van der Waals surface area contributed by atoms with Crippen LogP contribution in [-0.2, 0) is 17.8 Å². The van der Waals surface area contributed by atoms with Crippen molar-refractivity contribution < 1.29 is 9.53 Å². The predicted octanol–water partition coefficient (Wildman–Crippen LogP) is 3.70. The van der Waals surface area contributed by atoms with Crippen LogP contribution in [0.5, 0.6) is 0 Å². The monoisotopic (exact) mass is 310 g/mol. The molecule has 0 radical (unpaired) electrons. The van der Waals surface area contributed by atoms with Crippen molar-refractivity contribution in [2.45, 2.75) is 25.9 Å². The molecule has 1 aliphatic heterocycles. The van der Waals surface area contributed by atoms with E-state index in [4.69, 9.17) is 4.74 Å². The molecule has 1 aliphatic rings. The van der Waals surface area contributed by atoms with Gasteiger partial charge in [-0.15, -0.1) is 6.58 Å². The molecule has 4 heteroatoms. The average molecular weight is 310 g/mol. The van der Waals surface area contributed by atoms with E-state index in [1.807, 2.05) is 42.6 Å². The number of H-pyrrole nitrogens is 1. The van der Waals surface area contributed by atoms with E-state index in [1.165, 1.54) is 12.8 Å². The van der Waals surface area contributed by atoms with Gasteiger partial charge in [-0.1, -0.05) is 36.4 Å². The quantitative estimate of drug-likeness (QED) is 0.653. The van der Waals surface area contributed by atoms with Crippen molar-refractivity contribution >= 4 is 11.7 Å². The first kappa shape index (κ1) is 15.4. The number of ether oxygens (including phenoxy) is 1. The number of nitrogens with one attached hydrogen (secondary N) is 1. The zero-order valence-corrected chi connectivity index (χ0v) is 13.3. The number of esters is 1. The minimum absolute atomic E-state index is 0.283. The third-order valence-corrected chi connectivity index (χ3v) is 4.18. The van der Waals surface area contributed by atoms with E-state index in [1.54, 1.807) is 0 Å². The number of anilines is 1. The molecule has 3 rings (SSSR count). The summed E-state index contributed by atoms with van der Waals surface area (Å²) in [6, 6.07) is 9.71. The van der Waals surface area contributed by atoms with Gasteiger partial charge in [0, 0.05) is 24.8 Å². The van der Waals surface area contributed by atoms with Gasteiger partial charge in [0.1, 0.15) is 12.3 Å². The summed E-state index contributed by atoms with van der Waals surface area (Å²) >= 11 is 0. The Hall–Kier alpha value is -2.49. The number of hydrogen-bond donors (Lipinski definition) is 1. The largest absolute Gasteiger partial charge is 0.456 e. The Morgan fingerprint density at radius 2 is 2.00 bits per heavy atom. The summed E-state index contributed by atoms with van der Waals surface area (Å²) in [4.78, 5) is 17.9. The van der Waals surface area contributed by atoms with E-state index in [9.17, 15) is 4.79 Å². The summed E-state index contributed by atoms with van der Waals surface area (Å²) in [6.45, 7) is 6.18. The molecule has 0 atom stereocenters. The van der Waals surface area contributed by atoms with E-state index in [0.717, 1.165) is 29.9 Å². The third-order valence-electron chi connectivity index (χ3n) is 4.18. The highest BCUT2D eigenvalue weighted by Gasteiger charge is 2.23. The Balaban J connectivity index is 1.75. The number of rotatable bonds is 6. The maximum atomic E-state index is 12.4. The zero-order valence-electron chi connectivity index (χ0n) is 13.3. The lowest BCUT2D eigenvalue weighted by atomic mass is 10.1. The van der Waals surface area contributed by atoms with Crippen LogP contribution in [0.25, 0.3) is 0 Å². The van der Waals surface area contributed by atoms with Crippen molar-refractivity contribution in [3.05, 3.63) is 66.0 Å². The number of carbonyl (C=O) groups excluding carboxylic acids is 1. The molecule has 120 valence electrons.